The van der Waals surface area contributed by atoms with E-state index in [2.05, 4.69) is 17.1 Å². The van der Waals surface area contributed by atoms with Gasteiger partial charge in [0.05, 0.1) is 0 Å². The highest BCUT2D eigenvalue weighted by Crippen LogP contribution is 2.30. The van der Waals surface area contributed by atoms with Gasteiger partial charge in [-0.1, -0.05) is 6.92 Å². The number of sulfonamides is 1. The molecule has 1 atom stereocenters. The number of rotatable bonds is 6. The van der Waals surface area contributed by atoms with Crippen molar-refractivity contribution < 1.29 is 13.2 Å². The van der Waals surface area contributed by atoms with Crippen LogP contribution < -0.4 is 5.32 Å². The molecule has 2 saturated heterocycles. The van der Waals surface area contributed by atoms with Crippen molar-refractivity contribution in [2.24, 2.45) is 5.92 Å². The summed E-state index contributed by atoms with van der Waals surface area (Å²) in [5, 5.41) is 2.96. The third-order valence-corrected chi connectivity index (χ3v) is 8.76. The van der Waals surface area contributed by atoms with Crippen LogP contribution in [0.2, 0.25) is 0 Å². The first kappa shape index (κ1) is 19.8. The fourth-order valence-electron chi connectivity index (χ4n) is 3.70. The predicted molar refractivity (Wildman–Crippen MR) is 104 cm³/mol. The molecule has 2 aliphatic rings. The molecule has 146 valence electrons. The number of thiophene rings is 1. The van der Waals surface area contributed by atoms with E-state index in [9.17, 15) is 13.2 Å². The average Bonchev–Trinajstić information content (AvgIpc) is 3.26. The van der Waals surface area contributed by atoms with Gasteiger partial charge in [-0.15, -0.1) is 11.3 Å². The van der Waals surface area contributed by atoms with E-state index in [-0.39, 0.29) is 5.91 Å². The van der Waals surface area contributed by atoms with Gasteiger partial charge in [0.1, 0.15) is 10.3 Å². The summed E-state index contributed by atoms with van der Waals surface area (Å²) in [6.07, 6.45) is 3.74. The molecule has 1 N–H and O–H groups in total. The van der Waals surface area contributed by atoms with Crippen molar-refractivity contribution in [1.82, 2.24) is 14.5 Å². The number of amides is 1. The van der Waals surface area contributed by atoms with Crippen LogP contribution in [0.3, 0.4) is 0 Å². The van der Waals surface area contributed by atoms with E-state index in [0.29, 0.717) is 23.7 Å². The lowest BCUT2D eigenvalue weighted by atomic mass is 9.99. The topological polar surface area (TPSA) is 69.7 Å². The van der Waals surface area contributed by atoms with Crippen LogP contribution in [0.4, 0.5) is 0 Å². The van der Waals surface area contributed by atoms with Crippen molar-refractivity contribution in [3.63, 3.8) is 0 Å². The second-order valence-electron chi connectivity index (χ2n) is 7.45. The van der Waals surface area contributed by atoms with Gasteiger partial charge >= 0.3 is 0 Å². The van der Waals surface area contributed by atoms with Crippen LogP contribution in [-0.4, -0.2) is 62.3 Å². The molecule has 8 heteroatoms. The van der Waals surface area contributed by atoms with Crippen LogP contribution in [0.1, 0.15) is 37.5 Å². The van der Waals surface area contributed by atoms with Gasteiger partial charge in [-0.25, -0.2) is 8.42 Å². The molecule has 1 aromatic rings. The van der Waals surface area contributed by atoms with Crippen LogP contribution in [0.25, 0.3) is 0 Å². The number of carbonyl (C=O) groups excluding carboxylic acids is 1. The van der Waals surface area contributed by atoms with Gasteiger partial charge in [0.15, 0.2) is 0 Å². The van der Waals surface area contributed by atoms with Gasteiger partial charge in [0.2, 0.25) is 5.91 Å². The Bertz CT molecular complexity index is 724. The van der Waals surface area contributed by atoms with Crippen molar-refractivity contribution >= 4 is 27.3 Å². The van der Waals surface area contributed by atoms with Gasteiger partial charge in [0.25, 0.3) is 10.0 Å². The highest BCUT2D eigenvalue weighted by molar-refractivity contribution is 7.91. The Labute approximate surface area is 160 Å². The van der Waals surface area contributed by atoms with Crippen LogP contribution in [0.5, 0.6) is 0 Å². The lowest BCUT2D eigenvalue weighted by Crippen LogP contribution is -2.47. The summed E-state index contributed by atoms with van der Waals surface area (Å²) in [6, 6.07) is 2.87. The SMILES string of the molecule is Cc1ccc(S(=O)(=O)N2CCCC2C(=O)NCCN2CCC(C)CC2)s1. The van der Waals surface area contributed by atoms with E-state index in [1.165, 1.54) is 28.5 Å². The lowest BCUT2D eigenvalue weighted by molar-refractivity contribution is -0.124. The fraction of sp³-hybridized carbons (Fsp3) is 0.722. The first-order chi connectivity index (χ1) is 12.4. The molecule has 1 aromatic heterocycles. The largest absolute Gasteiger partial charge is 0.353 e. The maximum atomic E-state index is 12.9. The summed E-state index contributed by atoms with van der Waals surface area (Å²) in [4.78, 5) is 15.9. The summed E-state index contributed by atoms with van der Waals surface area (Å²) in [6.45, 7) is 8.17. The van der Waals surface area contributed by atoms with Crippen LogP contribution in [-0.2, 0) is 14.8 Å². The average molecular weight is 400 g/mol. The molecule has 3 rings (SSSR count). The molecule has 0 aliphatic carbocycles. The van der Waals surface area contributed by atoms with E-state index in [4.69, 9.17) is 0 Å². The Morgan fingerprint density at radius 3 is 2.62 bits per heavy atom. The summed E-state index contributed by atoms with van der Waals surface area (Å²) < 4.78 is 27.4. The first-order valence-electron chi connectivity index (χ1n) is 9.46. The van der Waals surface area contributed by atoms with Gasteiger partial charge in [0, 0.05) is 24.5 Å². The van der Waals surface area contributed by atoms with Crippen LogP contribution in [0.15, 0.2) is 16.3 Å². The van der Waals surface area contributed by atoms with Crippen molar-refractivity contribution in [2.75, 3.05) is 32.7 Å². The second-order valence-corrected chi connectivity index (χ2v) is 10.9. The van der Waals surface area contributed by atoms with Gasteiger partial charge < -0.3 is 10.2 Å². The second kappa shape index (κ2) is 8.37. The maximum Gasteiger partial charge on any atom is 0.253 e. The van der Waals surface area contributed by atoms with E-state index in [1.807, 2.05) is 13.0 Å². The number of piperidine rings is 1. The standard InChI is InChI=1S/C18H29N3O3S2/c1-14-7-11-20(12-8-14)13-9-19-18(22)16-4-3-10-21(16)26(23,24)17-6-5-15(2)25-17/h5-6,14,16H,3-4,7-13H2,1-2H3,(H,19,22). The lowest BCUT2D eigenvalue weighted by Gasteiger charge is -2.30. The molecule has 6 nitrogen and oxygen atoms in total. The van der Waals surface area contributed by atoms with Crippen molar-refractivity contribution in [3.8, 4) is 0 Å². The molecule has 26 heavy (non-hydrogen) atoms. The molecule has 2 aliphatic heterocycles. The minimum atomic E-state index is -3.58. The minimum absolute atomic E-state index is 0.162. The summed E-state index contributed by atoms with van der Waals surface area (Å²) in [5.41, 5.74) is 0. The van der Waals surface area contributed by atoms with Gasteiger partial charge in [-0.3, -0.25) is 4.79 Å². The highest BCUT2D eigenvalue weighted by atomic mass is 32.2. The molecule has 0 spiro atoms. The zero-order valence-corrected chi connectivity index (χ0v) is 17.2. The van der Waals surface area contributed by atoms with Crippen molar-refractivity contribution in [3.05, 3.63) is 17.0 Å². The fourth-order valence-corrected chi connectivity index (χ4v) is 6.77. The van der Waals surface area contributed by atoms with E-state index < -0.39 is 16.1 Å². The van der Waals surface area contributed by atoms with Crippen LogP contribution in [0, 0.1) is 12.8 Å². The van der Waals surface area contributed by atoms with Gasteiger partial charge in [-0.05, 0) is 63.7 Å². The van der Waals surface area contributed by atoms with Crippen LogP contribution >= 0.6 is 11.3 Å². The van der Waals surface area contributed by atoms with Gasteiger partial charge in [-0.2, -0.15) is 4.31 Å². The summed E-state index contributed by atoms with van der Waals surface area (Å²) in [5.74, 6) is 0.628. The smallest absolute Gasteiger partial charge is 0.253 e. The zero-order chi connectivity index (χ0) is 18.7. The Morgan fingerprint density at radius 1 is 1.23 bits per heavy atom. The first-order valence-corrected chi connectivity index (χ1v) is 11.7. The molecule has 1 unspecified atom stereocenters. The number of nitrogens with zero attached hydrogens (tertiary/aromatic N) is 2. The molecule has 0 saturated carbocycles. The number of hydrogen-bond acceptors (Lipinski definition) is 5. The molecule has 0 radical (unpaired) electrons. The van der Waals surface area contributed by atoms with E-state index in [1.54, 1.807) is 6.07 Å². The monoisotopic (exact) mass is 399 g/mol. The number of hydrogen-bond donors (Lipinski definition) is 1. The molecule has 2 fully saturated rings. The normalized spacial score (nSPS) is 23.4. The molecular formula is C18H29N3O3S2. The summed E-state index contributed by atoms with van der Waals surface area (Å²) in [7, 11) is -3.58. The third kappa shape index (κ3) is 4.47. The van der Waals surface area contributed by atoms with E-state index in [0.717, 1.165) is 36.9 Å². The Hall–Kier alpha value is -0.960. The molecule has 0 aromatic carbocycles. The Morgan fingerprint density at radius 2 is 1.96 bits per heavy atom. The van der Waals surface area contributed by atoms with Crippen molar-refractivity contribution in [1.29, 1.82) is 0 Å². The Kier molecular flexibility index (Phi) is 6.37. The predicted octanol–water partition coefficient (Wildman–Crippen LogP) is 2.06. The van der Waals surface area contributed by atoms with Crippen molar-refractivity contribution in [2.45, 2.75) is 49.8 Å². The zero-order valence-electron chi connectivity index (χ0n) is 15.6. The Balaban J connectivity index is 1.55. The molecular weight excluding hydrogens is 370 g/mol. The minimum Gasteiger partial charge on any atom is -0.353 e. The quantitative estimate of drug-likeness (QED) is 0.795. The van der Waals surface area contributed by atoms with E-state index >= 15 is 0 Å². The third-order valence-electron chi connectivity index (χ3n) is 5.39. The molecule has 1 amide bonds. The maximum absolute atomic E-state index is 12.9. The molecule has 0 bridgehead atoms. The number of aryl methyl sites for hydroxylation is 1. The highest BCUT2D eigenvalue weighted by Gasteiger charge is 2.39. The summed E-state index contributed by atoms with van der Waals surface area (Å²) >= 11 is 1.26. The number of carbonyl (C=O) groups is 1. The number of nitrogens with one attached hydrogen (secondary N) is 1. The number of likely N-dealkylation sites (tertiary alicyclic amines) is 1. The molecule has 3 heterocycles.